The van der Waals surface area contributed by atoms with Crippen LogP contribution in [0.4, 0.5) is 5.69 Å². The number of benzene rings is 2. The first kappa shape index (κ1) is 23.5. The highest BCUT2D eigenvalue weighted by Gasteiger charge is 2.32. The summed E-state index contributed by atoms with van der Waals surface area (Å²) in [6.45, 7) is 2.92. The Hall–Kier alpha value is -2.66. The number of carbonyl (C=O) groups excluding carboxylic acids is 1. The van der Waals surface area contributed by atoms with E-state index in [4.69, 9.17) is 16.3 Å². The molecule has 2 heterocycles. The number of fused-ring (bicyclic) bond motifs is 1. The van der Waals surface area contributed by atoms with Gasteiger partial charge in [0, 0.05) is 37.8 Å². The summed E-state index contributed by atoms with van der Waals surface area (Å²) in [6, 6.07) is 9.81. The number of aromatic nitrogens is 2. The fraction of sp³-hybridized carbons (Fsp3) is 0.364. The smallest absolute Gasteiger partial charge is 0.303 e. The molecule has 176 valence electrons. The van der Waals surface area contributed by atoms with E-state index < -0.39 is 16.3 Å². The van der Waals surface area contributed by atoms with Crippen LogP contribution in [0.3, 0.4) is 0 Å². The third kappa shape index (κ3) is 4.70. The number of anilines is 1. The van der Waals surface area contributed by atoms with Crippen LogP contribution in [-0.2, 0) is 14.9 Å². The predicted octanol–water partition coefficient (Wildman–Crippen LogP) is 3.03. The molecule has 0 radical (unpaired) electrons. The molecule has 11 heteroatoms. The second kappa shape index (κ2) is 9.30. The van der Waals surface area contributed by atoms with Crippen molar-refractivity contribution in [3.05, 3.63) is 58.4 Å². The number of aromatic amines is 1. The van der Waals surface area contributed by atoms with Crippen molar-refractivity contribution in [3.8, 4) is 0 Å². The molecular formula is C22H26ClN5O4S. The molecule has 1 aliphatic heterocycles. The average molecular weight is 492 g/mol. The van der Waals surface area contributed by atoms with Crippen molar-refractivity contribution in [1.29, 1.82) is 0 Å². The van der Waals surface area contributed by atoms with Gasteiger partial charge in [-0.1, -0.05) is 11.6 Å². The summed E-state index contributed by atoms with van der Waals surface area (Å²) in [5.41, 5.74) is 3.18. The molecule has 2 aromatic carbocycles. The van der Waals surface area contributed by atoms with Gasteiger partial charge in [-0.15, -0.1) is 0 Å². The maximum Gasteiger partial charge on any atom is 0.303 e. The zero-order valence-electron chi connectivity index (χ0n) is 18.6. The third-order valence-electron chi connectivity index (χ3n) is 5.67. The minimum Gasteiger partial charge on any atom is -0.382 e. The lowest BCUT2D eigenvalue weighted by atomic mass is 10.1. The Labute approximate surface area is 197 Å². The van der Waals surface area contributed by atoms with Crippen molar-refractivity contribution in [1.82, 2.24) is 19.6 Å². The summed E-state index contributed by atoms with van der Waals surface area (Å²) >= 11 is 6.06. The molecule has 0 saturated carbocycles. The number of imidazole rings is 1. The van der Waals surface area contributed by atoms with Crippen LogP contribution in [0.5, 0.6) is 0 Å². The zero-order valence-corrected chi connectivity index (χ0v) is 20.2. The fourth-order valence-electron chi connectivity index (χ4n) is 3.92. The van der Waals surface area contributed by atoms with Crippen LogP contribution in [0.25, 0.3) is 11.0 Å². The van der Waals surface area contributed by atoms with Crippen LogP contribution in [0.15, 0.2) is 36.4 Å². The standard InChI is InChI=1S/C22H26ClN5O4S/c1-14-11-15(5-8-20(14)28-10-4-9-27(2)33(28,30)31)22(29)26-19(13-32-3)21-24-17-7-6-16(23)12-18(17)25-21/h5-8,11-12,19H,4,9-10,13H2,1-3H3,(H,24,25)(H,26,29). The molecule has 1 aromatic heterocycles. The number of hydrogen-bond acceptors (Lipinski definition) is 5. The molecule has 33 heavy (non-hydrogen) atoms. The number of hydrogen-bond donors (Lipinski definition) is 2. The predicted molar refractivity (Wildman–Crippen MR) is 128 cm³/mol. The molecule has 1 amide bonds. The third-order valence-corrected chi connectivity index (χ3v) is 7.81. The second-order valence-electron chi connectivity index (χ2n) is 8.02. The number of aryl methyl sites for hydroxylation is 1. The van der Waals surface area contributed by atoms with E-state index in [1.54, 1.807) is 57.5 Å². The molecule has 1 unspecified atom stereocenters. The zero-order chi connectivity index (χ0) is 23.8. The summed E-state index contributed by atoms with van der Waals surface area (Å²) in [6.07, 6.45) is 0.735. The number of amides is 1. The van der Waals surface area contributed by atoms with Crippen LogP contribution in [0, 0.1) is 6.92 Å². The molecule has 1 aliphatic rings. The Balaban J connectivity index is 1.57. The summed E-state index contributed by atoms with van der Waals surface area (Å²) in [5, 5.41) is 3.53. The van der Waals surface area contributed by atoms with Crippen molar-refractivity contribution in [2.75, 3.05) is 38.2 Å². The summed E-state index contributed by atoms with van der Waals surface area (Å²) < 4.78 is 33.4. The highest BCUT2D eigenvalue weighted by molar-refractivity contribution is 7.90. The van der Waals surface area contributed by atoms with Gasteiger partial charge in [0.25, 0.3) is 5.91 Å². The lowest BCUT2D eigenvalue weighted by Gasteiger charge is -2.34. The van der Waals surface area contributed by atoms with E-state index in [9.17, 15) is 13.2 Å². The molecule has 1 fully saturated rings. The van der Waals surface area contributed by atoms with E-state index in [1.807, 2.05) is 0 Å². The van der Waals surface area contributed by atoms with Gasteiger partial charge in [0.2, 0.25) is 0 Å². The quantitative estimate of drug-likeness (QED) is 0.551. The second-order valence-corrected chi connectivity index (χ2v) is 10.4. The van der Waals surface area contributed by atoms with Crippen LogP contribution in [0.1, 0.15) is 34.2 Å². The van der Waals surface area contributed by atoms with Gasteiger partial charge in [0.1, 0.15) is 11.9 Å². The molecule has 0 bridgehead atoms. The van der Waals surface area contributed by atoms with Crippen molar-refractivity contribution < 1.29 is 17.9 Å². The molecule has 0 spiro atoms. The maximum absolute atomic E-state index is 13.0. The van der Waals surface area contributed by atoms with Gasteiger partial charge in [-0.25, -0.2) is 4.98 Å². The van der Waals surface area contributed by atoms with E-state index in [2.05, 4.69) is 15.3 Å². The van der Waals surface area contributed by atoms with Gasteiger partial charge in [0.05, 0.1) is 23.3 Å². The average Bonchev–Trinajstić information content (AvgIpc) is 3.18. The first-order valence-electron chi connectivity index (χ1n) is 10.5. The summed E-state index contributed by atoms with van der Waals surface area (Å²) in [5.74, 6) is 0.238. The van der Waals surface area contributed by atoms with Gasteiger partial charge < -0.3 is 15.0 Å². The Morgan fingerprint density at radius 2 is 2.06 bits per heavy atom. The Morgan fingerprint density at radius 3 is 2.79 bits per heavy atom. The minimum atomic E-state index is -3.56. The SMILES string of the molecule is COCC(NC(=O)c1ccc(N2CCCN(C)S2(=O)=O)c(C)c1)c1nc2ccc(Cl)cc2[nH]1. The van der Waals surface area contributed by atoms with Gasteiger partial charge >= 0.3 is 10.2 Å². The van der Waals surface area contributed by atoms with Gasteiger partial charge in [-0.2, -0.15) is 12.7 Å². The lowest BCUT2D eigenvalue weighted by molar-refractivity contribution is 0.0892. The van der Waals surface area contributed by atoms with E-state index in [-0.39, 0.29) is 12.5 Å². The molecule has 2 N–H and O–H groups in total. The minimum absolute atomic E-state index is 0.217. The largest absolute Gasteiger partial charge is 0.382 e. The summed E-state index contributed by atoms with van der Waals surface area (Å²) in [7, 11) is -0.442. The monoisotopic (exact) mass is 491 g/mol. The molecule has 9 nitrogen and oxygen atoms in total. The topological polar surface area (TPSA) is 108 Å². The fourth-order valence-corrected chi connectivity index (χ4v) is 5.60. The van der Waals surface area contributed by atoms with Crippen molar-refractivity contribution >= 4 is 44.4 Å². The molecule has 4 rings (SSSR count). The highest BCUT2D eigenvalue weighted by Crippen LogP contribution is 2.28. The number of rotatable bonds is 6. The number of nitrogens with zero attached hydrogens (tertiary/aromatic N) is 3. The van der Waals surface area contributed by atoms with Crippen molar-refractivity contribution in [3.63, 3.8) is 0 Å². The molecule has 0 aliphatic carbocycles. The van der Waals surface area contributed by atoms with Gasteiger partial charge in [-0.3, -0.25) is 9.10 Å². The highest BCUT2D eigenvalue weighted by atomic mass is 35.5. The van der Waals surface area contributed by atoms with Crippen molar-refractivity contribution in [2.24, 2.45) is 0 Å². The molecule has 3 aromatic rings. The number of nitrogens with one attached hydrogen (secondary N) is 2. The number of methoxy groups -OCH3 is 1. The lowest BCUT2D eigenvalue weighted by Crippen LogP contribution is -2.48. The van der Waals surface area contributed by atoms with E-state index >= 15 is 0 Å². The number of H-pyrrole nitrogens is 1. The van der Waals surface area contributed by atoms with Crippen LogP contribution in [0.2, 0.25) is 5.02 Å². The number of halogens is 1. The normalized spacial score (nSPS) is 17.3. The number of carbonyl (C=O) groups is 1. The van der Waals surface area contributed by atoms with Gasteiger partial charge in [-0.05, 0) is 55.3 Å². The van der Waals surface area contributed by atoms with Crippen LogP contribution in [-0.4, -0.2) is 62.5 Å². The number of ether oxygens (including phenoxy) is 1. The molecular weight excluding hydrogens is 466 g/mol. The molecule has 1 saturated heterocycles. The first-order chi connectivity index (χ1) is 15.7. The van der Waals surface area contributed by atoms with Gasteiger partial charge in [0.15, 0.2) is 0 Å². The van der Waals surface area contributed by atoms with Crippen LogP contribution >= 0.6 is 11.6 Å². The maximum atomic E-state index is 13.0. The van der Waals surface area contributed by atoms with E-state index in [0.29, 0.717) is 40.8 Å². The Kier molecular flexibility index (Phi) is 6.62. The van der Waals surface area contributed by atoms with E-state index in [0.717, 1.165) is 17.5 Å². The first-order valence-corrected chi connectivity index (χ1v) is 12.3. The van der Waals surface area contributed by atoms with Crippen LogP contribution < -0.4 is 9.62 Å². The Morgan fingerprint density at radius 1 is 1.27 bits per heavy atom. The van der Waals surface area contributed by atoms with E-state index in [1.165, 1.54) is 8.61 Å². The Bertz CT molecular complexity index is 1290. The van der Waals surface area contributed by atoms with Crippen molar-refractivity contribution in [2.45, 2.75) is 19.4 Å². The summed E-state index contributed by atoms with van der Waals surface area (Å²) in [4.78, 5) is 20.8. The molecule has 1 atom stereocenters.